The van der Waals surface area contributed by atoms with Crippen molar-refractivity contribution < 1.29 is 0 Å². The Morgan fingerprint density at radius 3 is 2.44 bits per heavy atom. The van der Waals surface area contributed by atoms with Crippen LogP contribution in [0.5, 0.6) is 0 Å². The maximum Gasteiger partial charge on any atom is 0.0471 e. The van der Waals surface area contributed by atoms with Gasteiger partial charge >= 0.3 is 0 Å². The first-order chi connectivity index (χ1) is 8.38. The smallest absolute Gasteiger partial charge is 0.0471 e. The second kappa shape index (κ2) is 5.31. The first kappa shape index (κ1) is 14.6. The first-order valence-electron chi connectivity index (χ1n) is 7.22. The van der Waals surface area contributed by atoms with E-state index in [0.29, 0.717) is 10.8 Å². The molecule has 18 heavy (non-hydrogen) atoms. The predicted molar refractivity (Wildman–Crippen MR) is 81.2 cm³/mol. The third-order valence-corrected chi connectivity index (χ3v) is 5.87. The molecule has 0 aliphatic carbocycles. The zero-order chi connectivity index (χ0) is 13.4. The van der Waals surface area contributed by atoms with E-state index in [1.54, 1.807) is 0 Å². The second-order valence-electron chi connectivity index (χ2n) is 6.77. The average molecular weight is 271 g/mol. The summed E-state index contributed by atoms with van der Waals surface area (Å²) in [5, 5.41) is 0. The van der Waals surface area contributed by atoms with Gasteiger partial charge in [-0.25, -0.2) is 0 Å². The Morgan fingerprint density at radius 2 is 1.94 bits per heavy atom. The number of hydrogen-bond acceptors (Lipinski definition) is 4. The quantitative estimate of drug-likeness (QED) is 0.845. The molecule has 2 aliphatic rings. The van der Waals surface area contributed by atoms with Crippen molar-refractivity contribution in [3.05, 3.63) is 0 Å². The Bertz CT molecular complexity index is 293. The molecule has 1 atom stereocenters. The fourth-order valence-corrected chi connectivity index (χ4v) is 4.42. The Hall–Kier alpha value is 0.230. The molecular weight excluding hydrogens is 242 g/mol. The zero-order valence-corrected chi connectivity index (χ0v) is 13.2. The van der Waals surface area contributed by atoms with Crippen molar-refractivity contribution >= 4 is 11.8 Å². The van der Waals surface area contributed by atoms with Gasteiger partial charge in [0.2, 0.25) is 0 Å². The van der Waals surface area contributed by atoms with Gasteiger partial charge in [0, 0.05) is 54.8 Å². The number of thioether (sulfide) groups is 1. The highest BCUT2D eigenvalue weighted by Crippen LogP contribution is 2.36. The van der Waals surface area contributed by atoms with Crippen LogP contribution in [-0.4, -0.2) is 64.6 Å². The summed E-state index contributed by atoms with van der Waals surface area (Å²) in [5.41, 5.74) is 6.41. The molecule has 2 heterocycles. The van der Waals surface area contributed by atoms with E-state index in [0.717, 1.165) is 13.1 Å². The van der Waals surface area contributed by atoms with Gasteiger partial charge in [0.15, 0.2) is 0 Å². The van der Waals surface area contributed by atoms with Crippen molar-refractivity contribution in [1.29, 1.82) is 0 Å². The number of likely N-dealkylation sites (tertiary alicyclic amines) is 1. The number of nitrogens with two attached hydrogens (primary N) is 1. The lowest BCUT2D eigenvalue weighted by molar-refractivity contribution is 0.0888. The fourth-order valence-electron chi connectivity index (χ4n) is 3.30. The monoisotopic (exact) mass is 271 g/mol. The van der Waals surface area contributed by atoms with Gasteiger partial charge in [-0.15, -0.1) is 0 Å². The lowest BCUT2D eigenvalue weighted by Gasteiger charge is -2.47. The van der Waals surface area contributed by atoms with Crippen LogP contribution >= 0.6 is 11.8 Å². The molecule has 2 aliphatic heterocycles. The first-order valence-corrected chi connectivity index (χ1v) is 8.20. The number of rotatable bonds is 3. The molecule has 0 aromatic heterocycles. The summed E-state index contributed by atoms with van der Waals surface area (Å²) >= 11 is 2.10. The molecule has 1 unspecified atom stereocenters. The summed E-state index contributed by atoms with van der Waals surface area (Å²) in [6, 6.07) is 0.644. The van der Waals surface area contributed by atoms with Crippen molar-refractivity contribution in [1.82, 2.24) is 9.80 Å². The lowest BCUT2D eigenvalue weighted by atomic mass is 9.94. The lowest BCUT2D eigenvalue weighted by Crippen LogP contribution is -2.61. The molecule has 2 N–H and O–H groups in total. The Balaban J connectivity index is 2.09. The van der Waals surface area contributed by atoms with Crippen LogP contribution < -0.4 is 5.73 Å². The standard InChI is InChI=1S/C14H29N3S/c1-12(2)16-6-5-14(9-15,11-16)17-7-8-18-13(3,4)10-17/h12H,5-11,15H2,1-4H3. The van der Waals surface area contributed by atoms with Gasteiger partial charge in [-0.3, -0.25) is 9.80 Å². The molecular formula is C14H29N3S. The van der Waals surface area contributed by atoms with Gasteiger partial charge in [-0.05, 0) is 34.1 Å². The van der Waals surface area contributed by atoms with Crippen molar-refractivity contribution in [2.75, 3.05) is 38.5 Å². The Labute approximate surface area is 116 Å². The number of hydrogen-bond donors (Lipinski definition) is 1. The minimum absolute atomic E-state index is 0.239. The molecule has 0 radical (unpaired) electrons. The van der Waals surface area contributed by atoms with E-state index in [9.17, 15) is 0 Å². The van der Waals surface area contributed by atoms with Crippen LogP contribution in [0.3, 0.4) is 0 Å². The van der Waals surface area contributed by atoms with Crippen LogP contribution in [0.25, 0.3) is 0 Å². The van der Waals surface area contributed by atoms with E-state index >= 15 is 0 Å². The fraction of sp³-hybridized carbons (Fsp3) is 1.00. The maximum absolute atomic E-state index is 6.18. The largest absolute Gasteiger partial charge is 0.329 e. The van der Waals surface area contributed by atoms with Crippen LogP contribution in [0.1, 0.15) is 34.1 Å². The minimum Gasteiger partial charge on any atom is -0.329 e. The highest BCUT2D eigenvalue weighted by atomic mass is 32.2. The van der Waals surface area contributed by atoms with Crippen molar-refractivity contribution in [3.8, 4) is 0 Å². The second-order valence-corrected chi connectivity index (χ2v) is 8.57. The predicted octanol–water partition coefficient (Wildman–Crippen LogP) is 1.63. The van der Waals surface area contributed by atoms with Gasteiger partial charge in [0.05, 0.1) is 0 Å². The minimum atomic E-state index is 0.239. The summed E-state index contributed by atoms with van der Waals surface area (Å²) in [5.74, 6) is 1.25. The van der Waals surface area contributed by atoms with Crippen molar-refractivity contribution in [2.24, 2.45) is 5.73 Å². The third-order valence-electron chi connectivity index (χ3n) is 4.57. The third kappa shape index (κ3) is 2.87. The molecule has 106 valence electrons. The molecule has 0 bridgehead atoms. The molecule has 4 heteroatoms. The van der Waals surface area contributed by atoms with Gasteiger partial charge in [0.1, 0.15) is 0 Å². The topological polar surface area (TPSA) is 32.5 Å². The van der Waals surface area contributed by atoms with E-state index in [1.165, 1.54) is 31.8 Å². The van der Waals surface area contributed by atoms with Crippen LogP contribution in [0, 0.1) is 0 Å². The van der Waals surface area contributed by atoms with Crippen molar-refractivity contribution in [3.63, 3.8) is 0 Å². The van der Waals surface area contributed by atoms with Crippen LogP contribution in [0.2, 0.25) is 0 Å². The Kier molecular flexibility index (Phi) is 4.32. The highest BCUT2D eigenvalue weighted by molar-refractivity contribution is 8.00. The summed E-state index contributed by atoms with van der Waals surface area (Å²) in [4.78, 5) is 5.27. The average Bonchev–Trinajstić information content (AvgIpc) is 2.73. The summed E-state index contributed by atoms with van der Waals surface area (Å²) in [7, 11) is 0. The maximum atomic E-state index is 6.18. The van der Waals surface area contributed by atoms with E-state index in [4.69, 9.17) is 5.73 Å². The molecule has 2 fully saturated rings. The van der Waals surface area contributed by atoms with Gasteiger partial charge in [-0.1, -0.05) is 0 Å². The van der Waals surface area contributed by atoms with E-state index < -0.39 is 0 Å². The molecule has 0 aromatic carbocycles. The number of nitrogens with zero attached hydrogens (tertiary/aromatic N) is 2. The molecule has 2 saturated heterocycles. The Morgan fingerprint density at radius 1 is 1.22 bits per heavy atom. The van der Waals surface area contributed by atoms with Crippen molar-refractivity contribution in [2.45, 2.75) is 50.4 Å². The normalized spacial score (nSPS) is 34.3. The molecule has 0 aromatic rings. The van der Waals surface area contributed by atoms with Crippen LogP contribution in [0.15, 0.2) is 0 Å². The van der Waals surface area contributed by atoms with Crippen LogP contribution in [0.4, 0.5) is 0 Å². The van der Waals surface area contributed by atoms with Crippen LogP contribution in [-0.2, 0) is 0 Å². The van der Waals surface area contributed by atoms with Gasteiger partial charge in [0.25, 0.3) is 0 Å². The molecule has 2 rings (SSSR count). The van der Waals surface area contributed by atoms with Gasteiger partial charge < -0.3 is 5.73 Å². The zero-order valence-electron chi connectivity index (χ0n) is 12.4. The molecule has 3 nitrogen and oxygen atoms in total. The SMILES string of the molecule is CC(C)N1CCC(CN)(N2CCSC(C)(C)C2)C1. The van der Waals surface area contributed by atoms with E-state index in [-0.39, 0.29) is 5.54 Å². The van der Waals surface area contributed by atoms with E-state index in [2.05, 4.69) is 49.3 Å². The highest BCUT2D eigenvalue weighted by Gasteiger charge is 2.45. The molecule has 0 spiro atoms. The summed E-state index contributed by atoms with van der Waals surface area (Å²) in [6.07, 6.45) is 1.24. The molecule has 0 saturated carbocycles. The summed E-state index contributed by atoms with van der Waals surface area (Å²) in [6.45, 7) is 14.9. The summed E-state index contributed by atoms with van der Waals surface area (Å²) < 4.78 is 0.381. The van der Waals surface area contributed by atoms with Gasteiger partial charge in [-0.2, -0.15) is 11.8 Å². The van der Waals surface area contributed by atoms with E-state index in [1.807, 2.05) is 0 Å². The molecule has 0 amide bonds.